The highest BCUT2D eigenvalue weighted by Gasteiger charge is 2.21. The molecule has 0 spiro atoms. The van der Waals surface area contributed by atoms with Crippen LogP contribution in [0.3, 0.4) is 0 Å². The first-order valence-electron chi connectivity index (χ1n) is 5.66. The van der Waals surface area contributed by atoms with Gasteiger partial charge in [-0.15, -0.1) is 0 Å². The summed E-state index contributed by atoms with van der Waals surface area (Å²) in [5, 5.41) is 12.0. The monoisotopic (exact) mass is 239 g/mol. The number of hydrogen-bond donors (Lipinski definition) is 2. The number of benzene rings is 1. The highest BCUT2D eigenvalue weighted by atomic mass is 19.1. The molecule has 1 aromatic rings. The van der Waals surface area contributed by atoms with Crippen LogP contribution >= 0.6 is 0 Å². The van der Waals surface area contributed by atoms with Gasteiger partial charge in [0, 0.05) is 12.1 Å². The van der Waals surface area contributed by atoms with Crippen molar-refractivity contribution < 1.29 is 14.3 Å². The largest absolute Gasteiger partial charge is 0.481 e. The summed E-state index contributed by atoms with van der Waals surface area (Å²) in [6.07, 6.45) is 0. The van der Waals surface area contributed by atoms with Crippen molar-refractivity contribution in [3.8, 4) is 0 Å². The van der Waals surface area contributed by atoms with Crippen LogP contribution < -0.4 is 5.32 Å². The summed E-state index contributed by atoms with van der Waals surface area (Å²) < 4.78 is 13.0. The molecule has 3 nitrogen and oxygen atoms in total. The SMILES string of the molecule is CC(NC(C)C(C)C(=O)O)c1cccc(F)c1. The highest BCUT2D eigenvalue weighted by Crippen LogP contribution is 2.16. The Kier molecular flexibility index (Phi) is 4.63. The predicted octanol–water partition coefficient (Wildman–Crippen LogP) is 2.59. The smallest absolute Gasteiger partial charge is 0.307 e. The molecular formula is C13H18FNO2. The van der Waals surface area contributed by atoms with Gasteiger partial charge < -0.3 is 10.4 Å². The summed E-state index contributed by atoms with van der Waals surface area (Å²) in [6, 6.07) is 6.05. The fraction of sp³-hybridized carbons (Fsp3) is 0.462. The molecule has 2 N–H and O–H groups in total. The molecule has 0 saturated carbocycles. The molecule has 0 saturated heterocycles. The summed E-state index contributed by atoms with van der Waals surface area (Å²) in [4.78, 5) is 10.8. The molecule has 1 aromatic carbocycles. The van der Waals surface area contributed by atoms with Gasteiger partial charge in [0.05, 0.1) is 5.92 Å². The highest BCUT2D eigenvalue weighted by molar-refractivity contribution is 5.70. The van der Waals surface area contributed by atoms with Crippen LogP contribution in [0.2, 0.25) is 0 Å². The van der Waals surface area contributed by atoms with Crippen LogP contribution in [0.25, 0.3) is 0 Å². The Balaban J connectivity index is 2.66. The second-order valence-electron chi connectivity index (χ2n) is 4.36. The molecule has 0 fully saturated rings. The molecule has 17 heavy (non-hydrogen) atoms. The normalized spacial score (nSPS) is 16.2. The minimum absolute atomic E-state index is 0.0810. The average molecular weight is 239 g/mol. The number of carbonyl (C=O) groups is 1. The molecule has 0 aromatic heterocycles. The molecule has 0 aliphatic rings. The van der Waals surface area contributed by atoms with Gasteiger partial charge in [0.2, 0.25) is 0 Å². The standard InChI is InChI=1S/C13H18FNO2/c1-8(13(16)17)9(2)15-10(3)11-5-4-6-12(14)7-11/h4-10,15H,1-3H3,(H,16,17). The quantitative estimate of drug-likeness (QED) is 0.830. The Hall–Kier alpha value is -1.42. The maximum atomic E-state index is 13.0. The number of halogens is 1. The molecule has 4 heteroatoms. The first-order valence-corrected chi connectivity index (χ1v) is 5.66. The lowest BCUT2D eigenvalue weighted by molar-refractivity contribution is -0.142. The Labute approximate surface area is 101 Å². The zero-order valence-corrected chi connectivity index (χ0v) is 10.3. The van der Waals surface area contributed by atoms with E-state index in [9.17, 15) is 9.18 Å². The fourth-order valence-electron chi connectivity index (χ4n) is 1.62. The summed E-state index contributed by atoms with van der Waals surface area (Å²) >= 11 is 0. The predicted molar refractivity (Wildman–Crippen MR) is 64.2 cm³/mol. The minimum atomic E-state index is -0.837. The molecule has 0 radical (unpaired) electrons. The second-order valence-corrected chi connectivity index (χ2v) is 4.36. The maximum absolute atomic E-state index is 13.0. The van der Waals surface area contributed by atoms with Crippen LogP contribution in [-0.4, -0.2) is 17.1 Å². The lowest BCUT2D eigenvalue weighted by atomic mass is 10.0. The zero-order valence-electron chi connectivity index (χ0n) is 10.3. The van der Waals surface area contributed by atoms with E-state index in [2.05, 4.69) is 5.32 Å². The van der Waals surface area contributed by atoms with E-state index in [1.165, 1.54) is 12.1 Å². The Morgan fingerprint density at radius 3 is 2.53 bits per heavy atom. The van der Waals surface area contributed by atoms with E-state index in [0.29, 0.717) is 0 Å². The van der Waals surface area contributed by atoms with Crippen molar-refractivity contribution in [2.45, 2.75) is 32.9 Å². The molecule has 0 bridgehead atoms. The van der Waals surface area contributed by atoms with Crippen LogP contribution in [0.1, 0.15) is 32.4 Å². The number of aliphatic carboxylic acids is 1. The van der Waals surface area contributed by atoms with Gasteiger partial charge in [-0.1, -0.05) is 19.1 Å². The van der Waals surface area contributed by atoms with E-state index in [1.807, 2.05) is 19.9 Å². The molecule has 3 unspecified atom stereocenters. The van der Waals surface area contributed by atoms with Crippen LogP contribution in [-0.2, 0) is 4.79 Å². The first kappa shape index (κ1) is 13.6. The molecule has 1 rings (SSSR count). The molecule has 0 heterocycles. The van der Waals surface area contributed by atoms with Gasteiger partial charge >= 0.3 is 5.97 Å². The first-order chi connectivity index (χ1) is 7.91. The van der Waals surface area contributed by atoms with E-state index >= 15 is 0 Å². The summed E-state index contributed by atoms with van der Waals surface area (Å²) in [7, 11) is 0. The summed E-state index contributed by atoms with van der Waals surface area (Å²) in [5.74, 6) is -1.60. The lowest BCUT2D eigenvalue weighted by Gasteiger charge is -2.23. The van der Waals surface area contributed by atoms with Crippen LogP contribution in [0.4, 0.5) is 4.39 Å². The van der Waals surface area contributed by atoms with Crippen molar-refractivity contribution in [2.75, 3.05) is 0 Å². The third-order valence-electron chi connectivity index (χ3n) is 3.00. The molecule has 0 amide bonds. The summed E-state index contributed by atoms with van der Waals surface area (Å²) in [5.41, 5.74) is 0.814. The van der Waals surface area contributed by atoms with Crippen LogP contribution in [0, 0.1) is 11.7 Å². The number of rotatable bonds is 5. The van der Waals surface area contributed by atoms with E-state index in [-0.39, 0.29) is 17.9 Å². The van der Waals surface area contributed by atoms with Gasteiger partial charge in [-0.3, -0.25) is 4.79 Å². The Bertz CT molecular complexity index is 395. The molecule has 3 atom stereocenters. The van der Waals surface area contributed by atoms with E-state index in [1.54, 1.807) is 13.0 Å². The van der Waals surface area contributed by atoms with Gasteiger partial charge in [-0.25, -0.2) is 4.39 Å². The van der Waals surface area contributed by atoms with Crippen molar-refractivity contribution >= 4 is 5.97 Å². The van der Waals surface area contributed by atoms with Crippen molar-refractivity contribution in [3.05, 3.63) is 35.6 Å². The lowest BCUT2D eigenvalue weighted by Crippen LogP contribution is -2.37. The van der Waals surface area contributed by atoms with E-state index in [0.717, 1.165) is 5.56 Å². The van der Waals surface area contributed by atoms with E-state index in [4.69, 9.17) is 5.11 Å². The molecule has 0 aliphatic carbocycles. The number of hydrogen-bond acceptors (Lipinski definition) is 2. The number of carboxylic acids is 1. The zero-order chi connectivity index (χ0) is 13.0. The van der Waals surface area contributed by atoms with Crippen molar-refractivity contribution in [1.29, 1.82) is 0 Å². The fourth-order valence-corrected chi connectivity index (χ4v) is 1.62. The van der Waals surface area contributed by atoms with Gasteiger partial charge in [-0.2, -0.15) is 0 Å². The third kappa shape index (κ3) is 3.82. The van der Waals surface area contributed by atoms with Gasteiger partial charge in [0.15, 0.2) is 0 Å². The van der Waals surface area contributed by atoms with E-state index < -0.39 is 11.9 Å². The number of nitrogens with one attached hydrogen (secondary N) is 1. The van der Waals surface area contributed by atoms with Gasteiger partial charge in [0.25, 0.3) is 0 Å². The average Bonchev–Trinajstić information content (AvgIpc) is 2.27. The third-order valence-corrected chi connectivity index (χ3v) is 3.00. The molecule has 94 valence electrons. The van der Waals surface area contributed by atoms with Crippen molar-refractivity contribution in [2.24, 2.45) is 5.92 Å². The van der Waals surface area contributed by atoms with Crippen LogP contribution in [0.5, 0.6) is 0 Å². The molecular weight excluding hydrogens is 221 g/mol. The van der Waals surface area contributed by atoms with Gasteiger partial charge in [0.1, 0.15) is 5.82 Å². The topological polar surface area (TPSA) is 49.3 Å². The maximum Gasteiger partial charge on any atom is 0.307 e. The molecule has 0 aliphatic heterocycles. The summed E-state index contributed by atoms with van der Waals surface area (Å²) in [6.45, 7) is 5.35. The number of carboxylic acid groups (broad SMARTS) is 1. The Morgan fingerprint density at radius 2 is 2.00 bits per heavy atom. The van der Waals surface area contributed by atoms with Gasteiger partial charge in [-0.05, 0) is 31.5 Å². The Morgan fingerprint density at radius 1 is 1.35 bits per heavy atom. The van der Waals surface area contributed by atoms with Crippen molar-refractivity contribution in [3.63, 3.8) is 0 Å². The van der Waals surface area contributed by atoms with Crippen molar-refractivity contribution in [1.82, 2.24) is 5.32 Å². The minimum Gasteiger partial charge on any atom is -0.481 e. The second kappa shape index (κ2) is 5.77. The van der Waals surface area contributed by atoms with Crippen LogP contribution in [0.15, 0.2) is 24.3 Å².